The third-order valence-corrected chi connectivity index (χ3v) is 18.4. The van der Waals surface area contributed by atoms with E-state index in [0.29, 0.717) is 64.6 Å². The number of hydrogen-bond acceptors (Lipinski definition) is 10. The summed E-state index contributed by atoms with van der Waals surface area (Å²) in [5, 5.41) is 6.39. The topological polar surface area (TPSA) is 180 Å². The zero-order valence-corrected chi connectivity index (χ0v) is 27.6. The molecule has 0 fully saturated rings. The highest BCUT2D eigenvalue weighted by atomic mass is 28.5. The molecule has 0 aliphatic carbocycles. The van der Waals surface area contributed by atoms with Crippen LogP contribution in [0.3, 0.4) is 0 Å². The minimum atomic E-state index is -5.04. The van der Waals surface area contributed by atoms with Gasteiger partial charge in [-0.25, -0.2) is 0 Å². The van der Waals surface area contributed by atoms with E-state index in [9.17, 15) is 38.4 Å². The Morgan fingerprint density at radius 3 is 0.696 bits per heavy atom. The van der Waals surface area contributed by atoms with Crippen LogP contribution in [0.15, 0.2) is 97.1 Å². The van der Waals surface area contributed by atoms with Crippen LogP contribution in [0.1, 0.15) is 0 Å². The molecule has 9 rings (SSSR count). The Bertz CT molecular complexity index is 2220. The van der Waals surface area contributed by atoms with Gasteiger partial charge in [0.15, 0.2) is 0 Å². The number of rotatable bonds is 0. The predicted octanol–water partition coefficient (Wildman–Crippen LogP) is -0.250. The molecule has 4 bridgehead atoms. The lowest BCUT2D eigenvalue weighted by Gasteiger charge is -2.30. The van der Waals surface area contributed by atoms with Gasteiger partial charge in [-0.15, -0.1) is 0 Å². The molecule has 46 heavy (non-hydrogen) atoms. The first-order valence-electron chi connectivity index (χ1n) is 14.4. The van der Waals surface area contributed by atoms with Gasteiger partial charge < -0.3 is 46.6 Å². The average Bonchev–Trinajstić information content (AvgIpc) is 3.00. The summed E-state index contributed by atoms with van der Waals surface area (Å²) in [5.74, 6) is 0. The van der Waals surface area contributed by atoms with Crippen molar-refractivity contribution in [3.05, 3.63) is 97.1 Å². The summed E-state index contributed by atoms with van der Waals surface area (Å²) < 4.78 is 11.3. The van der Waals surface area contributed by atoms with Crippen LogP contribution in [0.25, 0.3) is 64.6 Å². The fraction of sp³-hybridized carbons (Fsp3) is 0. The van der Waals surface area contributed by atoms with Crippen LogP contribution in [0.4, 0.5) is 0 Å². The molecule has 1 aliphatic heterocycles. The quantitative estimate of drug-likeness (QED) is 0.0787. The number of fused-ring (bicyclic) bond motifs is 2. The molecule has 0 aromatic heterocycles. The molecule has 8 aromatic rings. The first-order valence-corrected chi connectivity index (χ1v) is 21.6. The molecule has 10 nitrogen and oxygen atoms in total. The van der Waals surface area contributed by atoms with Crippen LogP contribution in [0.2, 0.25) is 0 Å². The van der Waals surface area contributed by atoms with E-state index in [1.54, 1.807) is 48.5 Å². The normalized spacial score (nSPS) is 19.0. The lowest BCUT2D eigenvalue weighted by Crippen LogP contribution is -2.65. The SMILES string of the molecule is O[Si]1(O)O[Si](O)(O)c2ccc3ccc4ccc(c5ccc2c3c45)[Si](O)(O)O[Si](O)(O)c2ccc3ccc4ccc1c1ccc2c3c41. The maximum absolute atomic E-state index is 11.6. The summed E-state index contributed by atoms with van der Waals surface area (Å²) in [6, 6.07) is 26.2. The fourth-order valence-corrected chi connectivity index (χ4v) is 15.7. The van der Waals surface area contributed by atoms with Crippen LogP contribution in [0, 0.1) is 0 Å². The van der Waals surface area contributed by atoms with E-state index in [1.165, 1.54) is 24.3 Å². The van der Waals surface area contributed by atoms with Crippen molar-refractivity contribution in [2.24, 2.45) is 0 Å². The van der Waals surface area contributed by atoms with E-state index in [4.69, 9.17) is 8.23 Å². The molecule has 0 amide bonds. The molecule has 0 saturated heterocycles. The Kier molecular flexibility index (Phi) is 5.59. The molecule has 14 heteroatoms. The minimum Gasteiger partial charge on any atom is -0.387 e. The van der Waals surface area contributed by atoms with E-state index in [2.05, 4.69) is 0 Å². The van der Waals surface area contributed by atoms with Crippen molar-refractivity contribution in [2.75, 3.05) is 0 Å². The van der Waals surface area contributed by atoms with Crippen molar-refractivity contribution in [3.63, 3.8) is 0 Å². The molecular formula is C32H24O10Si4. The van der Waals surface area contributed by atoms with E-state index in [-0.39, 0.29) is 20.7 Å². The van der Waals surface area contributed by atoms with Gasteiger partial charge in [-0.3, -0.25) is 0 Å². The smallest absolute Gasteiger partial charge is 0.387 e. The van der Waals surface area contributed by atoms with E-state index in [1.807, 2.05) is 24.3 Å². The average molecular weight is 681 g/mol. The molecule has 1 heterocycles. The highest BCUT2D eigenvalue weighted by Gasteiger charge is 2.52. The van der Waals surface area contributed by atoms with Crippen molar-refractivity contribution < 1.29 is 46.6 Å². The Hall–Kier alpha value is -3.69. The molecule has 8 aromatic carbocycles. The largest absolute Gasteiger partial charge is 0.525 e. The third-order valence-electron chi connectivity index (χ3n) is 9.30. The van der Waals surface area contributed by atoms with Crippen molar-refractivity contribution in [1.82, 2.24) is 0 Å². The van der Waals surface area contributed by atoms with Crippen LogP contribution in [-0.2, 0) is 8.23 Å². The van der Waals surface area contributed by atoms with Crippen molar-refractivity contribution in [3.8, 4) is 0 Å². The zero-order valence-electron chi connectivity index (χ0n) is 23.6. The highest BCUT2D eigenvalue weighted by Crippen LogP contribution is 2.37. The van der Waals surface area contributed by atoms with Gasteiger partial charge >= 0.3 is 35.2 Å². The monoisotopic (exact) mass is 680 g/mol. The molecule has 1 aliphatic rings. The Morgan fingerprint density at radius 2 is 0.478 bits per heavy atom. The van der Waals surface area contributed by atoms with Gasteiger partial charge in [-0.1, -0.05) is 97.1 Å². The van der Waals surface area contributed by atoms with Crippen LogP contribution >= 0.6 is 0 Å². The lowest BCUT2D eigenvalue weighted by atomic mass is 9.94. The summed E-state index contributed by atoms with van der Waals surface area (Å²) in [6.45, 7) is 0. The Morgan fingerprint density at radius 1 is 0.283 bits per heavy atom. The van der Waals surface area contributed by atoms with Gasteiger partial charge in [0, 0.05) is 20.7 Å². The van der Waals surface area contributed by atoms with E-state index < -0.39 is 35.2 Å². The second kappa shape index (κ2) is 9.01. The first kappa shape index (κ1) is 28.5. The zero-order chi connectivity index (χ0) is 32.0. The summed E-state index contributed by atoms with van der Waals surface area (Å²) >= 11 is 0. The van der Waals surface area contributed by atoms with Gasteiger partial charge in [0.2, 0.25) is 0 Å². The van der Waals surface area contributed by atoms with Gasteiger partial charge in [0.05, 0.1) is 0 Å². The summed E-state index contributed by atoms with van der Waals surface area (Å²) in [6.07, 6.45) is 0. The van der Waals surface area contributed by atoms with Crippen molar-refractivity contribution >= 4 is 121 Å². The molecular weight excluding hydrogens is 657 g/mol. The maximum atomic E-state index is 11.6. The van der Waals surface area contributed by atoms with Gasteiger partial charge in [0.1, 0.15) is 0 Å². The summed E-state index contributed by atoms with van der Waals surface area (Å²) in [4.78, 5) is 92.7. The van der Waals surface area contributed by atoms with Crippen LogP contribution in [0.5, 0.6) is 0 Å². The fourth-order valence-electron chi connectivity index (χ4n) is 7.35. The second-order valence-electron chi connectivity index (χ2n) is 11.9. The molecule has 8 N–H and O–H groups in total. The number of hydrogen-bond donors (Lipinski definition) is 8. The molecule has 0 spiro atoms. The van der Waals surface area contributed by atoms with Gasteiger partial charge in [-0.2, -0.15) is 0 Å². The number of benzene rings is 8. The van der Waals surface area contributed by atoms with Crippen LogP contribution in [-0.4, -0.2) is 73.6 Å². The van der Waals surface area contributed by atoms with Gasteiger partial charge in [-0.05, 0) is 64.6 Å². The highest BCUT2D eigenvalue weighted by molar-refractivity contribution is 6.89. The van der Waals surface area contributed by atoms with Crippen molar-refractivity contribution in [1.29, 1.82) is 0 Å². The van der Waals surface area contributed by atoms with Gasteiger partial charge in [0.25, 0.3) is 0 Å². The second-order valence-corrected chi connectivity index (χ2v) is 20.6. The first-order chi connectivity index (χ1) is 21.8. The maximum Gasteiger partial charge on any atom is 0.525 e. The summed E-state index contributed by atoms with van der Waals surface area (Å²) in [7, 11) is -20.1. The Balaban J connectivity index is 1.43. The van der Waals surface area contributed by atoms with E-state index >= 15 is 0 Å². The third kappa shape index (κ3) is 3.78. The minimum absolute atomic E-state index is 0.0202. The summed E-state index contributed by atoms with van der Waals surface area (Å²) in [5.41, 5.74) is 0. The Labute approximate surface area is 263 Å². The molecule has 0 saturated carbocycles. The standard InChI is InChI=1S/C32H24O10Si4/c33-43(34)25-13-5-17-1-2-18-6-14-26(22-10-9-21(25)29(17)30(18)22)44(35,36)42-46(39,40)28-16-8-20-4-3-19-7-15-27(45(37,38)41-43)23-11-12-24(28)32(20)31(19)23/h1-16,33-40H. The van der Waals surface area contributed by atoms with Crippen molar-refractivity contribution in [2.45, 2.75) is 0 Å². The lowest BCUT2D eigenvalue weighted by molar-refractivity contribution is 0.176. The molecule has 228 valence electrons. The molecule has 0 radical (unpaired) electrons. The molecule has 0 unspecified atom stereocenters. The van der Waals surface area contributed by atoms with E-state index in [0.717, 1.165) is 0 Å². The van der Waals surface area contributed by atoms with Crippen LogP contribution < -0.4 is 20.7 Å². The molecule has 0 atom stereocenters. The predicted molar refractivity (Wildman–Crippen MR) is 182 cm³/mol.